The summed E-state index contributed by atoms with van der Waals surface area (Å²) in [5, 5.41) is 10.6. The quantitative estimate of drug-likeness (QED) is 0.260. The smallest absolute Gasteiger partial charge is 0.250 e. The van der Waals surface area contributed by atoms with Gasteiger partial charge in [-0.1, -0.05) is 18.2 Å². The van der Waals surface area contributed by atoms with E-state index in [1.165, 1.54) is 0 Å². The Morgan fingerprint density at radius 3 is 2.21 bits per heavy atom. The molecule has 0 bridgehead atoms. The van der Waals surface area contributed by atoms with E-state index in [1.807, 2.05) is 72.8 Å². The standard InChI is InChI=1S/C24H21N7O3/c1-32-19-10-8-18(9-11-19)27-23-28-22(26-17-5-3-2-4-6-17)29-24(30-23)31-25-14-16-7-12-20-21(13-16)34-15-33-20/h2-14H,15H2,1H3,(H3,26,27,28,29,30,31)/b25-14+. The van der Waals surface area contributed by atoms with Crippen molar-refractivity contribution in [1.82, 2.24) is 15.0 Å². The fourth-order valence-electron chi connectivity index (χ4n) is 3.15. The third kappa shape index (κ3) is 5.13. The summed E-state index contributed by atoms with van der Waals surface area (Å²) in [6.45, 7) is 0.222. The lowest BCUT2D eigenvalue weighted by Gasteiger charge is -2.10. The molecule has 0 saturated carbocycles. The number of methoxy groups -OCH3 is 1. The molecule has 0 saturated heterocycles. The van der Waals surface area contributed by atoms with Crippen molar-refractivity contribution < 1.29 is 14.2 Å². The number of ether oxygens (including phenoxy) is 3. The molecule has 10 nitrogen and oxygen atoms in total. The predicted octanol–water partition coefficient (Wildman–Crippen LogP) is 4.54. The monoisotopic (exact) mass is 455 g/mol. The number of hydrogen-bond donors (Lipinski definition) is 3. The summed E-state index contributed by atoms with van der Waals surface area (Å²) in [5.74, 6) is 3.13. The third-order valence-corrected chi connectivity index (χ3v) is 4.79. The minimum Gasteiger partial charge on any atom is -0.497 e. The largest absolute Gasteiger partial charge is 0.497 e. The number of nitrogens with one attached hydrogen (secondary N) is 3. The number of anilines is 5. The average Bonchev–Trinajstić information content (AvgIpc) is 3.33. The molecule has 170 valence electrons. The van der Waals surface area contributed by atoms with Gasteiger partial charge >= 0.3 is 0 Å². The number of hydrogen-bond acceptors (Lipinski definition) is 10. The molecule has 3 N–H and O–H groups in total. The van der Waals surface area contributed by atoms with Crippen LogP contribution in [0.4, 0.5) is 29.2 Å². The second kappa shape index (κ2) is 9.74. The van der Waals surface area contributed by atoms with E-state index in [2.05, 4.69) is 36.1 Å². The lowest BCUT2D eigenvalue weighted by atomic mass is 10.2. The number of para-hydroxylation sites is 1. The third-order valence-electron chi connectivity index (χ3n) is 4.79. The molecule has 1 aliphatic heterocycles. The van der Waals surface area contributed by atoms with Gasteiger partial charge in [0.2, 0.25) is 24.6 Å². The van der Waals surface area contributed by atoms with Gasteiger partial charge in [-0.15, -0.1) is 0 Å². The van der Waals surface area contributed by atoms with Crippen LogP contribution in [0.25, 0.3) is 0 Å². The number of fused-ring (bicyclic) bond motifs is 1. The summed E-state index contributed by atoms with van der Waals surface area (Å²) < 4.78 is 15.9. The Balaban J connectivity index is 1.36. The number of benzene rings is 3. The van der Waals surface area contributed by atoms with Crippen molar-refractivity contribution in [3.8, 4) is 17.2 Å². The molecule has 2 heterocycles. The van der Waals surface area contributed by atoms with Gasteiger partial charge in [0, 0.05) is 11.4 Å². The molecule has 0 unspecified atom stereocenters. The van der Waals surface area contributed by atoms with Crippen LogP contribution in [0.1, 0.15) is 5.56 Å². The van der Waals surface area contributed by atoms with E-state index in [0.717, 1.165) is 22.7 Å². The van der Waals surface area contributed by atoms with Crippen molar-refractivity contribution in [3.05, 3.63) is 78.4 Å². The van der Waals surface area contributed by atoms with Gasteiger partial charge in [0.25, 0.3) is 0 Å². The second-order valence-corrected chi connectivity index (χ2v) is 7.13. The summed E-state index contributed by atoms with van der Waals surface area (Å²) in [6.07, 6.45) is 1.65. The molecular weight excluding hydrogens is 434 g/mol. The fraction of sp³-hybridized carbons (Fsp3) is 0.0833. The van der Waals surface area contributed by atoms with Gasteiger partial charge in [0.15, 0.2) is 11.5 Å². The maximum absolute atomic E-state index is 5.40. The van der Waals surface area contributed by atoms with E-state index >= 15 is 0 Å². The normalized spacial score (nSPS) is 11.9. The van der Waals surface area contributed by atoms with Crippen molar-refractivity contribution in [2.45, 2.75) is 0 Å². The molecule has 0 fully saturated rings. The van der Waals surface area contributed by atoms with Gasteiger partial charge in [-0.25, -0.2) is 5.43 Å². The molecule has 10 heteroatoms. The molecule has 1 aromatic heterocycles. The van der Waals surface area contributed by atoms with Crippen molar-refractivity contribution >= 4 is 35.4 Å². The Bertz CT molecular complexity index is 1300. The van der Waals surface area contributed by atoms with Crippen LogP contribution in [0.5, 0.6) is 17.2 Å². The van der Waals surface area contributed by atoms with Crippen LogP contribution in [0.2, 0.25) is 0 Å². The van der Waals surface area contributed by atoms with E-state index in [1.54, 1.807) is 13.3 Å². The van der Waals surface area contributed by atoms with E-state index in [-0.39, 0.29) is 12.7 Å². The second-order valence-electron chi connectivity index (χ2n) is 7.13. The van der Waals surface area contributed by atoms with Crippen molar-refractivity contribution in [3.63, 3.8) is 0 Å². The van der Waals surface area contributed by atoms with Gasteiger partial charge < -0.3 is 24.8 Å². The number of rotatable bonds is 8. The molecular formula is C24H21N7O3. The molecule has 0 amide bonds. The molecule has 0 aliphatic carbocycles. The predicted molar refractivity (Wildman–Crippen MR) is 130 cm³/mol. The molecule has 5 rings (SSSR count). The lowest BCUT2D eigenvalue weighted by molar-refractivity contribution is 0.174. The first-order chi connectivity index (χ1) is 16.7. The maximum atomic E-state index is 5.40. The van der Waals surface area contributed by atoms with Crippen molar-refractivity contribution in [2.75, 3.05) is 30.0 Å². The molecule has 1 aliphatic rings. The van der Waals surface area contributed by atoms with Crippen LogP contribution in [0, 0.1) is 0 Å². The van der Waals surface area contributed by atoms with Crippen LogP contribution in [0.3, 0.4) is 0 Å². The minimum absolute atomic E-state index is 0.222. The van der Waals surface area contributed by atoms with Crippen molar-refractivity contribution in [1.29, 1.82) is 0 Å². The lowest BCUT2D eigenvalue weighted by Crippen LogP contribution is -2.07. The summed E-state index contributed by atoms with van der Waals surface area (Å²) in [4.78, 5) is 13.3. The number of nitrogens with zero attached hydrogens (tertiary/aromatic N) is 4. The molecule has 3 aromatic carbocycles. The number of aromatic nitrogens is 3. The highest BCUT2D eigenvalue weighted by Gasteiger charge is 2.12. The van der Waals surface area contributed by atoms with Gasteiger partial charge in [-0.05, 0) is 60.2 Å². The molecule has 0 radical (unpaired) electrons. The molecule has 0 atom stereocenters. The van der Waals surface area contributed by atoms with E-state index in [9.17, 15) is 0 Å². The fourth-order valence-corrected chi connectivity index (χ4v) is 3.15. The summed E-state index contributed by atoms with van der Waals surface area (Å²) in [7, 11) is 1.62. The minimum atomic E-state index is 0.222. The Morgan fingerprint density at radius 1 is 0.794 bits per heavy atom. The Labute approximate surface area is 195 Å². The topological polar surface area (TPSA) is 115 Å². The summed E-state index contributed by atoms with van der Waals surface area (Å²) in [6, 6.07) is 22.6. The van der Waals surface area contributed by atoms with E-state index in [0.29, 0.717) is 23.4 Å². The first-order valence-electron chi connectivity index (χ1n) is 10.4. The van der Waals surface area contributed by atoms with Gasteiger partial charge in [0.05, 0.1) is 13.3 Å². The van der Waals surface area contributed by atoms with E-state index < -0.39 is 0 Å². The van der Waals surface area contributed by atoms with Gasteiger partial charge in [-0.3, -0.25) is 0 Å². The van der Waals surface area contributed by atoms with Gasteiger partial charge in [-0.2, -0.15) is 20.1 Å². The zero-order chi connectivity index (χ0) is 23.2. The summed E-state index contributed by atoms with van der Waals surface area (Å²) in [5.41, 5.74) is 5.35. The van der Waals surface area contributed by atoms with Crippen molar-refractivity contribution in [2.24, 2.45) is 5.10 Å². The van der Waals surface area contributed by atoms with Crippen LogP contribution in [-0.4, -0.2) is 35.1 Å². The molecule has 4 aromatic rings. The first kappa shape index (κ1) is 21.0. The number of hydrazone groups is 1. The molecule has 0 spiro atoms. The zero-order valence-electron chi connectivity index (χ0n) is 18.2. The van der Waals surface area contributed by atoms with Crippen LogP contribution in [0.15, 0.2) is 77.9 Å². The van der Waals surface area contributed by atoms with Gasteiger partial charge in [0.1, 0.15) is 5.75 Å². The highest BCUT2D eigenvalue weighted by atomic mass is 16.7. The highest BCUT2D eigenvalue weighted by molar-refractivity contribution is 5.81. The highest BCUT2D eigenvalue weighted by Crippen LogP contribution is 2.32. The Hall–Kier alpha value is -4.86. The SMILES string of the molecule is COc1ccc(Nc2nc(N/N=C/c3ccc4c(c3)OCO4)nc(Nc3ccccc3)n2)cc1. The van der Waals surface area contributed by atoms with E-state index in [4.69, 9.17) is 14.2 Å². The summed E-state index contributed by atoms with van der Waals surface area (Å²) >= 11 is 0. The van der Waals surface area contributed by atoms with Crippen LogP contribution < -0.4 is 30.3 Å². The Kier molecular flexibility index (Phi) is 6.02. The van der Waals surface area contributed by atoms with Crippen LogP contribution in [-0.2, 0) is 0 Å². The van der Waals surface area contributed by atoms with Crippen LogP contribution >= 0.6 is 0 Å². The maximum Gasteiger partial charge on any atom is 0.250 e. The average molecular weight is 455 g/mol. The zero-order valence-corrected chi connectivity index (χ0v) is 18.2. The molecule has 34 heavy (non-hydrogen) atoms. The first-order valence-corrected chi connectivity index (χ1v) is 10.4. The Morgan fingerprint density at radius 2 is 1.47 bits per heavy atom.